The summed E-state index contributed by atoms with van der Waals surface area (Å²) < 4.78 is 0. The minimum atomic E-state index is 0.0356. The molecule has 0 radical (unpaired) electrons. The lowest BCUT2D eigenvalue weighted by atomic mass is 9.81. The van der Waals surface area contributed by atoms with Gasteiger partial charge in [0.1, 0.15) is 0 Å². The molecule has 0 aromatic rings. The largest absolute Gasteiger partial charge is 0.359 e. The molecule has 0 saturated heterocycles. The van der Waals surface area contributed by atoms with Crippen molar-refractivity contribution >= 4 is 11.8 Å². The third kappa shape index (κ3) is 2.63. The molecule has 0 unspecified atom stereocenters. The molecule has 1 heterocycles. The Morgan fingerprint density at radius 1 is 1.39 bits per heavy atom. The van der Waals surface area contributed by atoms with Gasteiger partial charge in [0.25, 0.3) is 5.91 Å². The Morgan fingerprint density at radius 2 is 2.06 bits per heavy atom. The van der Waals surface area contributed by atoms with Crippen molar-refractivity contribution in [1.29, 1.82) is 0 Å². The third-order valence-corrected chi connectivity index (χ3v) is 3.94. The lowest BCUT2D eigenvalue weighted by Crippen LogP contribution is -2.35. The van der Waals surface area contributed by atoms with Crippen LogP contribution in [-0.2, 0) is 9.59 Å². The van der Waals surface area contributed by atoms with Crippen LogP contribution in [0.5, 0.6) is 0 Å². The van der Waals surface area contributed by atoms with Gasteiger partial charge in [-0.25, -0.2) is 0 Å². The highest BCUT2D eigenvalue weighted by atomic mass is 16.2. The van der Waals surface area contributed by atoms with Crippen LogP contribution in [0.15, 0.2) is 24.4 Å². The number of hydrogen-bond acceptors (Lipinski definition) is 2. The Balaban J connectivity index is 1.82. The summed E-state index contributed by atoms with van der Waals surface area (Å²) in [5.74, 6) is 0.832. The molecule has 1 aliphatic heterocycles. The summed E-state index contributed by atoms with van der Waals surface area (Å²) in [5, 5.41) is 2.71. The van der Waals surface area contributed by atoms with E-state index in [1.807, 2.05) is 0 Å². The van der Waals surface area contributed by atoms with Crippen LogP contribution in [0, 0.1) is 11.8 Å². The fourth-order valence-corrected chi connectivity index (χ4v) is 2.77. The van der Waals surface area contributed by atoms with E-state index >= 15 is 0 Å². The summed E-state index contributed by atoms with van der Waals surface area (Å²) in [6, 6.07) is 0. The van der Waals surface area contributed by atoms with Crippen molar-refractivity contribution in [1.82, 2.24) is 10.2 Å². The first-order valence-electron chi connectivity index (χ1n) is 6.52. The van der Waals surface area contributed by atoms with Crippen LogP contribution in [0.1, 0.15) is 25.7 Å². The minimum Gasteiger partial charge on any atom is -0.359 e. The lowest BCUT2D eigenvalue weighted by molar-refractivity contribution is -0.127. The fraction of sp³-hybridized carbons (Fsp3) is 0.571. The van der Waals surface area contributed by atoms with Crippen LogP contribution in [0.25, 0.3) is 0 Å². The first-order valence-corrected chi connectivity index (χ1v) is 6.52. The summed E-state index contributed by atoms with van der Waals surface area (Å²) in [5.41, 5.74) is 0.786. The molecular weight excluding hydrogens is 228 g/mol. The molecule has 0 spiro atoms. The van der Waals surface area contributed by atoms with Crippen molar-refractivity contribution in [2.45, 2.75) is 25.7 Å². The highest BCUT2D eigenvalue weighted by Crippen LogP contribution is 2.30. The van der Waals surface area contributed by atoms with Crippen molar-refractivity contribution in [3.05, 3.63) is 24.4 Å². The number of nitrogens with one attached hydrogen (secondary N) is 1. The number of carbonyl (C=O) groups is 2. The third-order valence-electron chi connectivity index (χ3n) is 3.94. The summed E-state index contributed by atoms with van der Waals surface area (Å²) in [6.07, 6.45) is 7.19. The number of rotatable bonds is 3. The van der Waals surface area contributed by atoms with Gasteiger partial charge >= 0.3 is 0 Å². The monoisotopic (exact) mass is 248 g/mol. The predicted octanol–water partition coefficient (Wildman–Crippen LogP) is 1.45. The van der Waals surface area contributed by atoms with Crippen molar-refractivity contribution in [2.24, 2.45) is 11.8 Å². The molecule has 1 N–H and O–H groups in total. The molecule has 0 atom stereocenters. The molecule has 0 aromatic carbocycles. The molecule has 4 heteroatoms. The van der Waals surface area contributed by atoms with Gasteiger partial charge in [-0.3, -0.25) is 9.59 Å². The van der Waals surface area contributed by atoms with E-state index in [2.05, 4.69) is 11.9 Å². The summed E-state index contributed by atoms with van der Waals surface area (Å²) >= 11 is 0. The van der Waals surface area contributed by atoms with Gasteiger partial charge in [-0.2, -0.15) is 0 Å². The van der Waals surface area contributed by atoms with Crippen LogP contribution in [-0.4, -0.2) is 30.3 Å². The van der Waals surface area contributed by atoms with Crippen LogP contribution in [0.3, 0.4) is 0 Å². The number of amides is 2. The van der Waals surface area contributed by atoms with E-state index in [1.165, 1.54) is 0 Å². The second-order valence-electron chi connectivity index (χ2n) is 5.11. The quantitative estimate of drug-likeness (QED) is 0.822. The van der Waals surface area contributed by atoms with Crippen molar-refractivity contribution in [3.63, 3.8) is 0 Å². The number of allylic oxidation sites excluding steroid dienone is 1. The fourth-order valence-electron chi connectivity index (χ4n) is 2.77. The molecule has 0 aromatic heterocycles. The molecule has 2 rings (SSSR count). The summed E-state index contributed by atoms with van der Waals surface area (Å²) in [6.45, 7) is 4.60. The summed E-state index contributed by atoms with van der Waals surface area (Å²) in [7, 11) is 1.69. The predicted molar refractivity (Wildman–Crippen MR) is 69.5 cm³/mol. The number of hydrogen-bond donors (Lipinski definition) is 1. The van der Waals surface area contributed by atoms with Crippen LogP contribution in [0.4, 0.5) is 0 Å². The van der Waals surface area contributed by atoms with Gasteiger partial charge in [-0.15, -0.1) is 0 Å². The zero-order chi connectivity index (χ0) is 13.1. The maximum absolute atomic E-state index is 11.6. The second-order valence-corrected chi connectivity index (χ2v) is 5.11. The van der Waals surface area contributed by atoms with E-state index < -0.39 is 0 Å². The van der Waals surface area contributed by atoms with E-state index in [1.54, 1.807) is 24.1 Å². The van der Waals surface area contributed by atoms with E-state index in [4.69, 9.17) is 0 Å². The Hall–Kier alpha value is -1.58. The molecule has 1 fully saturated rings. The van der Waals surface area contributed by atoms with E-state index in [0.717, 1.165) is 37.9 Å². The maximum atomic E-state index is 11.6. The standard InChI is InChI=1S/C14H20N2O2/c1-10-3-8-13(17)16(10)9-11-4-6-12(7-5-11)14(18)15-2/h3,8,11-12H,1,4-7,9H2,2H3,(H,15,18). The lowest BCUT2D eigenvalue weighted by Gasteiger charge is -2.30. The zero-order valence-electron chi connectivity index (χ0n) is 10.8. The normalized spacial score (nSPS) is 27.7. The maximum Gasteiger partial charge on any atom is 0.251 e. The van der Waals surface area contributed by atoms with Gasteiger partial charge in [-0.1, -0.05) is 6.58 Å². The molecule has 98 valence electrons. The van der Waals surface area contributed by atoms with E-state index in [9.17, 15) is 9.59 Å². The minimum absolute atomic E-state index is 0.0356. The van der Waals surface area contributed by atoms with Crippen molar-refractivity contribution in [2.75, 3.05) is 13.6 Å². The highest BCUT2D eigenvalue weighted by molar-refractivity contribution is 5.93. The molecule has 2 amide bonds. The Kier molecular flexibility index (Phi) is 3.84. The molecule has 2 aliphatic rings. The van der Waals surface area contributed by atoms with E-state index in [0.29, 0.717) is 5.92 Å². The molecule has 0 bridgehead atoms. The van der Waals surface area contributed by atoms with Gasteiger partial charge in [-0.05, 0) is 37.7 Å². The molecule has 4 nitrogen and oxygen atoms in total. The smallest absolute Gasteiger partial charge is 0.251 e. The number of carbonyl (C=O) groups excluding carboxylic acids is 2. The van der Waals surface area contributed by atoms with Crippen LogP contribution < -0.4 is 5.32 Å². The number of nitrogens with zero attached hydrogens (tertiary/aromatic N) is 1. The molecular formula is C14H20N2O2. The van der Waals surface area contributed by atoms with E-state index in [-0.39, 0.29) is 17.7 Å². The Labute approximate surface area is 108 Å². The van der Waals surface area contributed by atoms with Crippen molar-refractivity contribution in [3.8, 4) is 0 Å². The van der Waals surface area contributed by atoms with Gasteiger partial charge < -0.3 is 10.2 Å². The summed E-state index contributed by atoms with van der Waals surface area (Å²) in [4.78, 5) is 24.9. The average molecular weight is 248 g/mol. The average Bonchev–Trinajstić information content (AvgIpc) is 2.70. The SMILES string of the molecule is C=C1C=CC(=O)N1CC1CCC(C(=O)NC)CC1. The van der Waals surface area contributed by atoms with Gasteiger partial charge in [0.15, 0.2) is 0 Å². The zero-order valence-corrected chi connectivity index (χ0v) is 10.8. The van der Waals surface area contributed by atoms with Crippen LogP contribution in [0.2, 0.25) is 0 Å². The van der Waals surface area contributed by atoms with Gasteiger partial charge in [0.2, 0.25) is 5.91 Å². The first kappa shape index (κ1) is 12.9. The van der Waals surface area contributed by atoms with Gasteiger partial charge in [0.05, 0.1) is 0 Å². The molecule has 1 saturated carbocycles. The topological polar surface area (TPSA) is 49.4 Å². The molecule has 18 heavy (non-hydrogen) atoms. The highest BCUT2D eigenvalue weighted by Gasteiger charge is 2.29. The van der Waals surface area contributed by atoms with Crippen molar-refractivity contribution < 1.29 is 9.59 Å². The molecule has 1 aliphatic carbocycles. The Bertz CT molecular complexity index is 375. The van der Waals surface area contributed by atoms with Crippen LogP contribution >= 0.6 is 0 Å². The Morgan fingerprint density at radius 3 is 2.56 bits per heavy atom. The first-order chi connectivity index (χ1) is 8.61. The second kappa shape index (κ2) is 5.38. The van der Waals surface area contributed by atoms with Gasteiger partial charge in [0, 0.05) is 31.3 Å².